The van der Waals surface area contributed by atoms with Crippen molar-refractivity contribution < 1.29 is 4.79 Å². The summed E-state index contributed by atoms with van der Waals surface area (Å²) < 4.78 is 0. The summed E-state index contributed by atoms with van der Waals surface area (Å²) in [6.45, 7) is 2.78. The van der Waals surface area contributed by atoms with Gasteiger partial charge in [0.1, 0.15) is 5.69 Å². The third-order valence-electron chi connectivity index (χ3n) is 7.06. The highest BCUT2D eigenvalue weighted by Gasteiger charge is 2.60. The van der Waals surface area contributed by atoms with Crippen molar-refractivity contribution >= 4 is 22.4 Å². The van der Waals surface area contributed by atoms with E-state index in [9.17, 15) is 4.79 Å². The van der Waals surface area contributed by atoms with Crippen LogP contribution >= 0.6 is 11.3 Å². The van der Waals surface area contributed by atoms with Crippen LogP contribution in [0.2, 0.25) is 0 Å². The van der Waals surface area contributed by atoms with E-state index in [1.807, 2.05) is 36.4 Å². The number of pyridine rings is 1. The molecule has 5 nitrogen and oxygen atoms in total. The molecule has 1 unspecified atom stereocenters. The van der Waals surface area contributed by atoms with Crippen LogP contribution in [0.15, 0.2) is 60.1 Å². The molecule has 3 heterocycles. The summed E-state index contributed by atoms with van der Waals surface area (Å²) in [5.41, 5.74) is 2.80. The van der Waals surface area contributed by atoms with Gasteiger partial charge in [0.05, 0.1) is 11.1 Å². The first kappa shape index (κ1) is 18.1. The summed E-state index contributed by atoms with van der Waals surface area (Å²) in [5.74, 6) is 2.29. The van der Waals surface area contributed by atoms with Gasteiger partial charge < -0.3 is 10.2 Å². The molecule has 2 aromatic heterocycles. The molecule has 1 aliphatic heterocycles. The molecule has 3 fully saturated rings. The summed E-state index contributed by atoms with van der Waals surface area (Å²) in [6.07, 6.45) is 3.79. The van der Waals surface area contributed by atoms with Gasteiger partial charge in [0, 0.05) is 31.2 Å². The van der Waals surface area contributed by atoms with Crippen molar-refractivity contribution in [2.24, 2.45) is 17.8 Å². The Hall–Kier alpha value is -2.73. The van der Waals surface area contributed by atoms with Gasteiger partial charge in [-0.2, -0.15) is 0 Å². The highest BCUT2D eigenvalue weighted by Crippen LogP contribution is 2.55. The number of piperidine rings is 1. The van der Waals surface area contributed by atoms with Gasteiger partial charge in [-0.1, -0.05) is 36.4 Å². The van der Waals surface area contributed by atoms with E-state index in [-0.39, 0.29) is 5.41 Å². The number of hydrogen-bond donors (Lipinski definition) is 1. The van der Waals surface area contributed by atoms with Crippen LogP contribution in [0.5, 0.6) is 0 Å². The average molecular weight is 417 g/mol. The minimum absolute atomic E-state index is 0.228. The third-order valence-corrected chi connectivity index (χ3v) is 7.86. The van der Waals surface area contributed by atoms with Crippen LogP contribution in [0, 0.1) is 17.8 Å². The Bertz CT molecular complexity index is 1050. The Morgan fingerprint density at radius 1 is 1.07 bits per heavy atom. The number of carbonyl (C=O) groups is 1. The largest absolute Gasteiger partial charge is 0.361 e. The number of nitrogens with one attached hydrogen (secondary N) is 1. The molecule has 30 heavy (non-hydrogen) atoms. The maximum absolute atomic E-state index is 13.2. The predicted octanol–water partition coefficient (Wildman–Crippen LogP) is 4.05. The Morgan fingerprint density at radius 3 is 2.53 bits per heavy atom. The fourth-order valence-corrected chi connectivity index (χ4v) is 5.84. The second-order valence-electron chi connectivity index (χ2n) is 8.78. The molecule has 1 amide bonds. The third kappa shape index (κ3) is 3.01. The number of carbonyl (C=O) groups excluding carboxylic acids is 1. The first-order valence-electron chi connectivity index (χ1n) is 10.7. The standard InChI is InChI=1S/C24H24N4OS/c29-22(24(9-10-24)16-6-2-1-3-7-16)28-13-18-17(19(18)14-28)12-26-23-27-21(15-30-23)20-8-4-5-11-25-20/h1-8,11,15,17-19H,9-10,12-14H2,(H,26,27)/t17?,18-,19+. The van der Waals surface area contributed by atoms with Gasteiger partial charge in [-0.3, -0.25) is 9.78 Å². The lowest BCUT2D eigenvalue weighted by Gasteiger charge is -2.26. The quantitative estimate of drug-likeness (QED) is 0.659. The molecule has 2 aliphatic carbocycles. The Morgan fingerprint density at radius 2 is 1.83 bits per heavy atom. The lowest BCUT2D eigenvalue weighted by atomic mass is 9.94. The van der Waals surface area contributed by atoms with E-state index in [2.05, 4.69) is 37.7 Å². The first-order chi connectivity index (χ1) is 14.7. The molecule has 3 aromatic rings. The number of hydrogen-bond acceptors (Lipinski definition) is 5. The lowest BCUT2D eigenvalue weighted by Crippen LogP contribution is -2.39. The number of amides is 1. The minimum Gasteiger partial charge on any atom is -0.361 e. The maximum Gasteiger partial charge on any atom is 0.233 e. The van der Waals surface area contributed by atoms with E-state index >= 15 is 0 Å². The molecular weight excluding hydrogens is 392 g/mol. The summed E-state index contributed by atoms with van der Waals surface area (Å²) in [5, 5.41) is 6.52. The monoisotopic (exact) mass is 416 g/mol. The van der Waals surface area contributed by atoms with E-state index in [0.29, 0.717) is 23.7 Å². The van der Waals surface area contributed by atoms with Crippen LogP contribution in [-0.2, 0) is 10.2 Å². The molecule has 6 heteroatoms. The molecule has 0 spiro atoms. The molecule has 1 N–H and O–H groups in total. The van der Waals surface area contributed by atoms with Crippen molar-refractivity contribution in [1.29, 1.82) is 0 Å². The summed E-state index contributed by atoms with van der Waals surface area (Å²) in [4.78, 5) is 24.4. The SMILES string of the molecule is O=C(N1C[C@@H]2C(CNc3nc(-c4ccccn4)cs3)[C@@H]2C1)C1(c2ccccc2)CC1. The molecule has 2 saturated carbocycles. The van der Waals surface area contributed by atoms with Crippen LogP contribution in [0.1, 0.15) is 18.4 Å². The van der Waals surface area contributed by atoms with Gasteiger partial charge in [-0.05, 0) is 48.3 Å². The van der Waals surface area contributed by atoms with Crippen LogP contribution in [0.25, 0.3) is 11.4 Å². The number of anilines is 1. The number of thiazole rings is 1. The van der Waals surface area contributed by atoms with Gasteiger partial charge >= 0.3 is 0 Å². The number of likely N-dealkylation sites (tertiary alicyclic amines) is 1. The zero-order valence-electron chi connectivity index (χ0n) is 16.7. The van der Waals surface area contributed by atoms with E-state index in [4.69, 9.17) is 0 Å². The van der Waals surface area contributed by atoms with E-state index in [1.165, 1.54) is 5.56 Å². The summed E-state index contributed by atoms with van der Waals surface area (Å²) in [6, 6.07) is 16.2. The van der Waals surface area contributed by atoms with E-state index < -0.39 is 0 Å². The number of rotatable bonds is 6. The first-order valence-corrected chi connectivity index (χ1v) is 11.6. The predicted molar refractivity (Wildman–Crippen MR) is 118 cm³/mol. The molecule has 0 bridgehead atoms. The van der Waals surface area contributed by atoms with Gasteiger partial charge in [0.25, 0.3) is 0 Å². The zero-order chi connectivity index (χ0) is 20.1. The molecule has 0 radical (unpaired) electrons. The van der Waals surface area contributed by atoms with Gasteiger partial charge in [0.2, 0.25) is 5.91 Å². The number of fused-ring (bicyclic) bond motifs is 1. The van der Waals surface area contributed by atoms with Gasteiger partial charge in [0.15, 0.2) is 5.13 Å². The van der Waals surface area contributed by atoms with Crippen LogP contribution in [0.4, 0.5) is 5.13 Å². The van der Waals surface area contributed by atoms with Crippen molar-refractivity contribution in [3.05, 3.63) is 65.7 Å². The van der Waals surface area contributed by atoms with Crippen molar-refractivity contribution in [2.45, 2.75) is 18.3 Å². The lowest BCUT2D eigenvalue weighted by molar-refractivity contribution is -0.133. The Labute approximate surface area is 180 Å². The van der Waals surface area contributed by atoms with Crippen LogP contribution < -0.4 is 5.32 Å². The molecule has 3 atom stereocenters. The second kappa shape index (κ2) is 6.91. The van der Waals surface area contributed by atoms with Crippen molar-refractivity contribution in [1.82, 2.24) is 14.9 Å². The molecule has 152 valence electrons. The molecule has 6 rings (SSSR count). The fraction of sp³-hybridized carbons (Fsp3) is 0.375. The topological polar surface area (TPSA) is 58.1 Å². The minimum atomic E-state index is -0.228. The number of benzene rings is 1. The molecule has 1 aromatic carbocycles. The maximum atomic E-state index is 13.2. The average Bonchev–Trinajstić information content (AvgIpc) is 3.61. The molecule has 1 saturated heterocycles. The van der Waals surface area contributed by atoms with Crippen LogP contribution in [0.3, 0.4) is 0 Å². The van der Waals surface area contributed by atoms with E-state index in [1.54, 1.807) is 17.5 Å². The van der Waals surface area contributed by atoms with Crippen molar-refractivity contribution in [3.8, 4) is 11.4 Å². The highest BCUT2D eigenvalue weighted by molar-refractivity contribution is 7.14. The molecule has 3 aliphatic rings. The number of nitrogens with zero attached hydrogens (tertiary/aromatic N) is 3. The zero-order valence-corrected chi connectivity index (χ0v) is 17.5. The highest BCUT2D eigenvalue weighted by atomic mass is 32.1. The smallest absolute Gasteiger partial charge is 0.233 e. The van der Waals surface area contributed by atoms with Gasteiger partial charge in [-0.15, -0.1) is 11.3 Å². The summed E-state index contributed by atoms with van der Waals surface area (Å²) in [7, 11) is 0. The summed E-state index contributed by atoms with van der Waals surface area (Å²) >= 11 is 1.63. The Kier molecular flexibility index (Phi) is 4.16. The Balaban J connectivity index is 1.03. The van der Waals surface area contributed by atoms with Crippen molar-refractivity contribution in [2.75, 3.05) is 25.0 Å². The number of aromatic nitrogens is 2. The second-order valence-corrected chi connectivity index (χ2v) is 9.64. The van der Waals surface area contributed by atoms with Crippen LogP contribution in [-0.4, -0.2) is 40.4 Å². The normalized spacial score (nSPS) is 25.6. The van der Waals surface area contributed by atoms with E-state index in [0.717, 1.165) is 49.0 Å². The fourth-order valence-electron chi connectivity index (χ4n) is 5.12. The van der Waals surface area contributed by atoms with Crippen molar-refractivity contribution in [3.63, 3.8) is 0 Å². The molecular formula is C24H24N4OS. The van der Waals surface area contributed by atoms with Gasteiger partial charge in [-0.25, -0.2) is 4.98 Å².